The standard InChI is InChI=1S/C17H14BrN5O3/c18-17-21-13-14(22-16(25)10-4-2-1-3-5-10)19-9-20-15(13)23(17)12-7-6-11(8-24)26-12/h1-6,9,12,24H,7-8H2,(H,19,20,22,25). The number of imidazole rings is 1. The summed E-state index contributed by atoms with van der Waals surface area (Å²) in [5.74, 6) is 0.546. The lowest BCUT2D eigenvalue weighted by molar-refractivity contribution is 0.0639. The van der Waals surface area contributed by atoms with Crippen molar-refractivity contribution in [2.24, 2.45) is 0 Å². The van der Waals surface area contributed by atoms with Crippen LogP contribution in [0.25, 0.3) is 11.2 Å². The average Bonchev–Trinajstić information content (AvgIpc) is 3.26. The second-order valence-electron chi connectivity index (χ2n) is 5.60. The topological polar surface area (TPSA) is 102 Å². The van der Waals surface area contributed by atoms with E-state index in [-0.39, 0.29) is 18.7 Å². The van der Waals surface area contributed by atoms with Gasteiger partial charge in [0.15, 0.2) is 27.9 Å². The second kappa shape index (κ2) is 6.85. The number of aliphatic hydroxyl groups excluding tert-OH is 1. The zero-order valence-corrected chi connectivity index (χ0v) is 15.0. The molecule has 3 aromatic rings. The van der Waals surface area contributed by atoms with Gasteiger partial charge in [-0.05, 0) is 34.1 Å². The van der Waals surface area contributed by atoms with Crippen LogP contribution in [0, 0.1) is 0 Å². The highest BCUT2D eigenvalue weighted by Crippen LogP contribution is 2.33. The van der Waals surface area contributed by atoms with E-state index in [1.807, 2.05) is 12.1 Å². The van der Waals surface area contributed by atoms with E-state index in [9.17, 15) is 9.90 Å². The molecule has 0 fully saturated rings. The molecule has 2 aromatic heterocycles. The number of amides is 1. The van der Waals surface area contributed by atoms with E-state index in [4.69, 9.17) is 4.74 Å². The van der Waals surface area contributed by atoms with Crippen LogP contribution in [0.1, 0.15) is 23.0 Å². The average molecular weight is 416 g/mol. The lowest BCUT2D eigenvalue weighted by Crippen LogP contribution is -2.14. The molecule has 3 heterocycles. The predicted octanol–water partition coefficient (Wildman–Crippen LogP) is 2.64. The van der Waals surface area contributed by atoms with Crippen LogP contribution >= 0.6 is 15.9 Å². The first-order valence-electron chi connectivity index (χ1n) is 7.88. The maximum atomic E-state index is 12.4. The number of hydrogen-bond donors (Lipinski definition) is 2. The lowest BCUT2D eigenvalue weighted by atomic mass is 10.2. The molecule has 1 aliphatic rings. The Bertz CT molecular complexity index is 1000. The number of benzene rings is 1. The van der Waals surface area contributed by atoms with Gasteiger partial charge in [0.25, 0.3) is 5.91 Å². The summed E-state index contributed by atoms with van der Waals surface area (Å²) in [6, 6.07) is 8.86. The molecule has 0 saturated heterocycles. The molecular weight excluding hydrogens is 402 g/mol. The van der Waals surface area contributed by atoms with Gasteiger partial charge in [0.1, 0.15) is 18.7 Å². The Kier molecular flexibility index (Phi) is 4.39. The number of rotatable bonds is 4. The van der Waals surface area contributed by atoms with Gasteiger partial charge < -0.3 is 15.2 Å². The first-order chi connectivity index (χ1) is 12.7. The van der Waals surface area contributed by atoms with Gasteiger partial charge >= 0.3 is 0 Å². The van der Waals surface area contributed by atoms with Gasteiger partial charge in [-0.25, -0.2) is 15.0 Å². The lowest BCUT2D eigenvalue weighted by Gasteiger charge is -2.15. The molecule has 2 N–H and O–H groups in total. The highest BCUT2D eigenvalue weighted by Gasteiger charge is 2.26. The molecule has 4 rings (SSSR count). The second-order valence-corrected chi connectivity index (χ2v) is 6.31. The SMILES string of the molecule is O=C(Nc1ncnc2c1nc(Br)n2C1CC=C(CO)O1)c1ccccc1. The van der Waals surface area contributed by atoms with Crippen LogP contribution < -0.4 is 5.32 Å². The summed E-state index contributed by atoms with van der Waals surface area (Å²) in [6.07, 6.45) is 3.39. The number of fused-ring (bicyclic) bond motifs is 1. The van der Waals surface area contributed by atoms with Crippen molar-refractivity contribution in [2.75, 3.05) is 11.9 Å². The summed E-state index contributed by atoms with van der Waals surface area (Å²) >= 11 is 3.41. The molecule has 0 radical (unpaired) electrons. The van der Waals surface area contributed by atoms with Gasteiger partial charge in [0.05, 0.1) is 0 Å². The van der Waals surface area contributed by atoms with Crippen LogP contribution in [-0.2, 0) is 4.74 Å². The Balaban J connectivity index is 1.68. The summed E-state index contributed by atoms with van der Waals surface area (Å²) in [7, 11) is 0. The third kappa shape index (κ3) is 2.95. The number of aromatic nitrogens is 4. The van der Waals surface area contributed by atoms with Crippen LogP contribution in [0.4, 0.5) is 5.82 Å². The smallest absolute Gasteiger partial charge is 0.256 e. The van der Waals surface area contributed by atoms with Gasteiger partial charge in [0, 0.05) is 12.0 Å². The van der Waals surface area contributed by atoms with Crippen molar-refractivity contribution in [3.8, 4) is 0 Å². The zero-order chi connectivity index (χ0) is 18.1. The molecule has 1 aliphatic heterocycles. The molecule has 0 spiro atoms. The van der Waals surface area contributed by atoms with Crippen molar-refractivity contribution >= 4 is 38.8 Å². The summed E-state index contributed by atoms with van der Waals surface area (Å²) in [6.45, 7) is -0.159. The fraction of sp³-hybridized carbons (Fsp3) is 0.176. The number of aliphatic hydroxyl groups is 1. The van der Waals surface area contributed by atoms with Crippen LogP contribution in [0.2, 0.25) is 0 Å². The number of carbonyl (C=O) groups excluding carboxylic acids is 1. The minimum atomic E-state index is -0.371. The Morgan fingerprint density at radius 1 is 1.35 bits per heavy atom. The third-order valence-electron chi connectivity index (χ3n) is 3.98. The summed E-state index contributed by atoms with van der Waals surface area (Å²) in [5, 5.41) is 12.0. The van der Waals surface area contributed by atoms with Gasteiger partial charge in [-0.2, -0.15) is 0 Å². The first-order valence-corrected chi connectivity index (χ1v) is 8.68. The first kappa shape index (κ1) is 16.7. The Morgan fingerprint density at radius 2 is 2.15 bits per heavy atom. The number of anilines is 1. The number of nitrogens with one attached hydrogen (secondary N) is 1. The van der Waals surface area contributed by atoms with E-state index in [1.165, 1.54) is 6.33 Å². The molecule has 0 saturated carbocycles. The van der Waals surface area contributed by atoms with Gasteiger partial charge in [0.2, 0.25) is 0 Å². The summed E-state index contributed by atoms with van der Waals surface area (Å²) in [4.78, 5) is 25.3. The Labute approximate surface area is 156 Å². The molecule has 1 unspecified atom stereocenters. The monoisotopic (exact) mass is 415 g/mol. The van der Waals surface area contributed by atoms with Crippen LogP contribution in [0.15, 0.2) is 53.2 Å². The van der Waals surface area contributed by atoms with Crippen LogP contribution in [-0.4, -0.2) is 37.1 Å². The zero-order valence-electron chi connectivity index (χ0n) is 13.5. The van der Waals surface area contributed by atoms with Gasteiger partial charge in [-0.15, -0.1) is 0 Å². The minimum Gasteiger partial charge on any atom is -0.472 e. The molecule has 1 aromatic carbocycles. The quantitative estimate of drug-likeness (QED) is 0.634. The van der Waals surface area contributed by atoms with Crippen LogP contribution in [0.3, 0.4) is 0 Å². The van der Waals surface area contributed by atoms with Crippen molar-refractivity contribution in [3.05, 3.63) is 58.8 Å². The van der Waals surface area contributed by atoms with Crippen LogP contribution in [0.5, 0.6) is 0 Å². The number of halogens is 1. The summed E-state index contributed by atoms with van der Waals surface area (Å²) in [5.41, 5.74) is 1.49. The van der Waals surface area contributed by atoms with E-state index < -0.39 is 0 Å². The molecule has 132 valence electrons. The van der Waals surface area contributed by atoms with Gasteiger partial charge in [-0.3, -0.25) is 9.36 Å². The number of ether oxygens (including phenoxy) is 1. The van der Waals surface area contributed by atoms with E-state index in [0.717, 1.165) is 0 Å². The van der Waals surface area contributed by atoms with Crippen molar-refractivity contribution < 1.29 is 14.6 Å². The van der Waals surface area contributed by atoms with Crippen molar-refractivity contribution in [1.82, 2.24) is 19.5 Å². The predicted molar refractivity (Wildman–Crippen MR) is 97.3 cm³/mol. The van der Waals surface area contributed by atoms with Crippen molar-refractivity contribution in [2.45, 2.75) is 12.6 Å². The molecule has 1 amide bonds. The maximum Gasteiger partial charge on any atom is 0.256 e. The fourth-order valence-electron chi connectivity index (χ4n) is 2.76. The Morgan fingerprint density at radius 3 is 2.88 bits per heavy atom. The molecule has 1 atom stereocenters. The van der Waals surface area contributed by atoms with E-state index >= 15 is 0 Å². The normalized spacial score (nSPS) is 16.4. The highest BCUT2D eigenvalue weighted by atomic mass is 79.9. The molecule has 0 bridgehead atoms. The highest BCUT2D eigenvalue weighted by molar-refractivity contribution is 9.10. The molecule has 8 nitrogen and oxygen atoms in total. The molecule has 26 heavy (non-hydrogen) atoms. The molecule has 9 heteroatoms. The maximum absolute atomic E-state index is 12.4. The van der Waals surface area contributed by atoms with Crippen molar-refractivity contribution in [1.29, 1.82) is 0 Å². The van der Waals surface area contributed by atoms with E-state index in [2.05, 4.69) is 36.2 Å². The number of hydrogen-bond acceptors (Lipinski definition) is 6. The fourth-order valence-corrected chi connectivity index (χ4v) is 3.33. The molecular formula is C17H14BrN5O3. The van der Waals surface area contributed by atoms with Gasteiger partial charge in [-0.1, -0.05) is 18.2 Å². The summed E-state index contributed by atoms with van der Waals surface area (Å²) < 4.78 is 7.95. The Hall–Kier alpha value is -2.78. The molecule has 0 aliphatic carbocycles. The largest absolute Gasteiger partial charge is 0.472 e. The minimum absolute atomic E-state index is 0.159. The number of carbonyl (C=O) groups is 1. The number of nitrogens with zero attached hydrogens (tertiary/aromatic N) is 4. The third-order valence-corrected chi connectivity index (χ3v) is 4.54. The van der Waals surface area contributed by atoms with E-state index in [0.29, 0.717) is 39.5 Å². The van der Waals surface area contributed by atoms with E-state index in [1.54, 1.807) is 28.8 Å². The van der Waals surface area contributed by atoms with Crippen molar-refractivity contribution in [3.63, 3.8) is 0 Å².